The fraction of sp³-hybridized carbons (Fsp3) is 0.171. The molecule has 0 aliphatic rings. The van der Waals surface area contributed by atoms with Gasteiger partial charge in [-0.05, 0) is 104 Å². The van der Waals surface area contributed by atoms with Crippen molar-refractivity contribution in [2.24, 2.45) is 0 Å². The number of carbonyl (C=O) groups is 2. The lowest BCUT2D eigenvalue weighted by Gasteiger charge is -2.19. The quantitative estimate of drug-likeness (QED) is 0.0978. The topological polar surface area (TPSA) is 112 Å². The van der Waals surface area contributed by atoms with Gasteiger partial charge in [-0.2, -0.15) is 0 Å². The molecule has 8 nitrogen and oxygen atoms in total. The minimum Gasteiger partial charge on any atom is -0.462 e. The Morgan fingerprint density at radius 1 is 0.936 bits per heavy atom. The van der Waals surface area contributed by atoms with Gasteiger partial charge in [0.25, 0.3) is 12.1 Å². The third kappa shape index (κ3) is 9.42. The number of sulfone groups is 1. The second-order valence-corrected chi connectivity index (χ2v) is 14.4. The molecule has 0 aliphatic heterocycles. The van der Waals surface area contributed by atoms with Gasteiger partial charge in [-0.25, -0.2) is 18.2 Å². The van der Waals surface area contributed by atoms with Gasteiger partial charge in [-0.1, -0.05) is 53.5 Å². The van der Waals surface area contributed by atoms with E-state index in [0.717, 1.165) is 26.4 Å². The van der Waals surface area contributed by atoms with Crippen LogP contribution in [0.3, 0.4) is 0 Å². The van der Waals surface area contributed by atoms with Crippen LogP contribution in [-0.2, 0) is 25.8 Å². The van der Waals surface area contributed by atoms with Crippen LogP contribution in [0.4, 0.5) is 0 Å². The molecule has 0 bridgehead atoms. The summed E-state index contributed by atoms with van der Waals surface area (Å²) in [6.45, 7) is 1.76. The molecular weight excluding hydrogens is 679 g/mol. The zero-order valence-electron chi connectivity index (χ0n) is 25.2. The van der Waals surface area contributed by atoms with Crippen molar-refractivity contribution in [2.75, 3.05) is 12.4 Å². The predicted molar refractivity (Wildman–Crippen MR) is 187 cm³/mol. The summed E-state index contributed by atoms with van der Waals surface area (Å²) in [4.78, 5) is 30.7. The number of amides is 1. The van der Waals surface area contributed by atoms with E-state index < -0.39 is 27.9 Å². The summed E-state index contributed by atoms with van der Waals surface area (Å²) >= 11 is 13.5. The van der Waals surface area contributed by atoms with Gasteiger partial charge in [0.2, 0.25) is 0 Å². The average Bonchev–Trinajstić information content (AvgIpc) is 3.46. The number of fused-ring (bicyclic) bond motifs is 1. The molecule has 1 aromatic heterocycles. The number of hydrogen-bond donors (Lipinski definition) is 1. The Morgan fingerprint density at radius 3 is 2.43 bits per heavy atom. The third-order valence-corrected chi connectivity index (χ3v) is 10.2. The Morgan fingerprint density at radius 2 is 1.68 bits per heavy atom. The number of thiazole rings is 1. The van der Waals surface area contributed by atoms with Crippen molar-refractivity contribution in [1.82, 2.24) is 10.3 Å². The van der Waals surface area contributed by atoms with Crippen LogP contribution in [0.15, 0.2) is 95.9 Å². The molecule has 1 atom stereocenters. The summed E-state index contributed by atoms with van der Waals surface area (Å²) in [5, 5.41) is 4.51. The van der Waals surface area contributed by atoms with E-state index in [1.807, 2.05) is 36.4 Å². The van der Waals surface area contributed by atoms with Crippen molar-refractivity contribution in [1.29, 1.82) is 0 Å². The maximum atomic E-state index is 13.2. The molecule has 47 heavy (non-hydrogen) atoms. The predicted octanol–water partition coefficient (Wildman–Crippen LogP) is 7.88. The molecule has 1 amide bonds. The molecule has 0 aliphatic carbocycles. The minimum absolute atomic E-state index is 0.0157. The van der Waals surface area contributed by atoms with Crippen LogP contribution in [0.2, 0.25) is 10.0 Å². The number of aryl methyl sites for hydroxylation is 1. The molecule has 1 N–H and O–H groups in total. The molecular formula is C35H30Cl2N2O6S2. The lowest BCUT2D eigenvalue weighted by molar-refractivity contribution is -0.152. The number of ether oxygens (including phenoxy) is 2. The van der Waals surface area contributed by atoms with Gasteiger partial charge in [-0.15, -0.1) is 11.3 Å². The highest BCUT2D eigenvalue weighted by Crippen LogP contribution is 2.26. The number of hydrogen-bond acceptors (Lipinski definition) is 8. The zero-order chi connectivity index (χ0) is 33.4. The number of rotatable bonds is 13. The van der Waals surface area contributed by atoms with Crippen LogP contribution in [0.25, 0.3) is 22.4 Å². The Hall–Kier alpha value is -4.22. The molecule has 0 saturated heterocycles. The number of carbonyl (C=O) groups excluding carboxylic acids is 2. The lowest BCUT2D eigenvalue weighted by Crippen LogP contribution is -2.46. The standard InChI is InChI=1S/C35H30Cl2N2O6S2/c1-2-44-35(41)34(45-28-14-8-23(9-15-28)6-4-20-47(42,43)29-16-11-26(36)12-17-29)39-33(40)25-7-3-5-24(21-25)10-19-32-38-30-22-27(37)13-18-31(30)46-32/h3,5,7-19,21-22,34H,2,4,6,20H2,1H3,(H,39,40). The first-order valence-electron chi connectivity index (χ1n) is 14.7. The summed E-state index contributed by atoms with van der Waals surface area (Å²) < 4.78 is 37.2. The Balaban J connectivity index is 1.20. The highest BCUT2D eigenvalue weighted by Gasteiger charge is 2.25. The second kappa shape index (κ2) is 15.6. The zero-order valence-corrected chi connectivity index (χ0v) is 28.3. The number of halogens is 2. The smallest absolute Gasteiger partial charge is 0.369 e. The normalized spacial score (nSPS) is 12.2. The van der Waals surface area contributed by atoms with E-state index in [2.05, 4.69) is 10.3 Å². The third-order valence-electron chi connectivity index (χ3n) is 6.92. The number of nitrogens with one attached hydrogen (secondary N) is 1. The van der Waals surface area contributed by atoms with Gasteiger partial charge in [-0.3, -0.25) is 4.79 Å². The van der Waals surface area contributed by atoms with Gasteiger partial charge in [0.1, 0.15) is 10.8 Å². The summed E-state index contributed by atoms with van der Waals surface area (Å²) in [6.07, 6.45) is 3.25. The van der Waals surface area contributed by atoms with Crippen LogP contribution < -0.4 is 10.1 Å². The Bertz CT molecular complexity index is 2010. The number of benzene rings is 4. The van der Waals surface area contributed by atoms with Crippen molar-refractivity contribution < 1.29 is 27.5 Å². The molecule has 0 radical (unpaired) electrons. The number of aromatic nitrogens is 1. The van der Waals surface area contributed by atoms with E-state index in [9.17, 15) is 18.0 Å². The van der Waals surface area contributed by atoms with Crippen molar-refractivity contribution >= 4 is 78.6 Å². The van der Waals surface area contributed by atoms with Crippen LogP contribution in [0.5, 0.6) is 5.75 Å². The second-order valence-electron chi connectivity index (χ2n) is 10.4. The molecule has 242 valence electrons. The maximum absolute atomic E-state index is 13.2. The molecule has 5 aromatic rings. The molecule has 1 heterocycles. The SMILES string of the molecule is CCOC(=O)C(NC(=O)c1cccc(C=Cc2nc3cc(Cl)ccc3s2)c1)Oc1ccc(CCCS(=O)(=O)c2ccc(Cl)cc2)cc1. The average molecular weight is 710 g/mol. The van der Waals surface area contributed by atoms with Crippen molar-refractivity contribution in [3.63, 3.8) is 0 Å². The molecule has 4 aromatic carbocycles. The molecule has 1 unspecified atom stereocenters. The first-order valence-corrected chi connectivity index (χ1v) is 17.9. The van der Waals surface area contributed by atoms with Gasteiger partial charge in [0.05, 0.1) is 27.5 Å². The first-order chi connectivity index (χ1) is 22.6. The van der Waals surface area contributed by atoms with Crippen LogP contribution in [0.1, 0.15) is 39.8 Å². The van der Waals surface area contributed by atoms with E-state index in [4.69, 9.17) is 32.7 Å². The van der Waals surface area contributed by atoms with Crippen LogP contribution in [0, 0.1) is 0 Å². The summed E-state index contributed by atoms with van der Waals surface area (Å²) in [5.41, 5.74) is 2.79. The number of nitrogens with zero attached hydrogens (tertiary/aromatic N) is 1. The lowest BCUT2D eigenvalue weighted by atomic mass is 10.1. The Kier molecular flexibility index (Phi) is 11.3. The largest absolute Gasteiger partial charge is 0.462 e. The summed E-state index contributed by atoms with van der Waals surface area (Å²) in [7, 11) is -3.43. The van der Waals surface area contributed by atoms with Crippen molar-refractivity contribution in [3.05, 3.63) is 123 Å². The van der Waals surface area contributed by atoms with Crippen molar-refractivity contribution in [2.45, 2.75) is 30.9 Å². The fourth-order valence-electron chi connectivity index (χ4n) is 4.59. The monoisotopic (exact) mass is 708 g/mol. The van der Waals surface area contributed by atoms with Crippen LogP contribution in [-0.4, -0.2) is 43.9 Å². The Labute approximate surface area is 286 Å². The molecule has 12 heteroatoms. The van der Waals surface area contributed by atoms with E-state index in [1.165, 1.54) is 23.5 Å². The number of esters is 1. The summed E-state index contributed by atoms with van der Waals surface area (Å²) in [6, 6.07) is 25.5. The molecule has 5 rings (SSSR count). The fourth-order valence-corrected chi connectivity index (χ4v) is 7.05. The van der Waals surface area contributed by atoms with Gasteiger partial charge in [0.15, 0.2) is 9.84 Å². The molecule has 0 saturated carbocycles. The molecule has 0 fully saturated rings. The summed E-state index contributed by atoms with van der Waals surface area (Å²) in [5.74, 6) is -0.955. The first kappa shape index (κ1) is 34.1. The van der Waals surface area contributed by atoms with E-state index >= 15 is 0 Å². The maximum Gasteiger partial charge on any atom is 0.369 e. The molecule has 0 spiro atoms. The van der Waals surface area contributed by atoms with Gasteiger partial charge >= 0.3 is 5.97 Å². The minimum atomic E-state index is -3.43. The van der Waals surface area contributed by atoms with E-state index in [-0.39, 0.29) is 17.3 Å². The van der Waals surface area contributed by atoms with E-state index in [1.54, 1.807) is 61.5 Å². The van der Waals surface area contributed by atoms with Gasteiger partial charge < -0.3 is 14.8 Å². The van der Waals surface area contributed by atoms with Crippen LogP contribution >= 0.6 is 34.5 Å². The van der Waals surface area contributed by atoms with E-state index in [0.29, 0.717) is 34.2 Å². The highest BCUT2D eigenvalue weighted by atomic mass is 35.5. The highest BCUT2D eigenvalue weighted by molar-refractivity contribution is 7.91. The van der Waals surface area contributed by atoms with Crippen molar-refractivity contribution in [3.8, 4) is 5.75 Å². The van der Waals surface area contributed by atoms with Gasteiger partial charge in [0, 0.05) is 15.6 Å².